The number of halogens is 2. The van der Waals surface area contributed by atoms with E-state index in [4.69, 9.17) is 0 Å². The number of aromatic nitrogens is 3. The maximum atomic E-state index is 13.7. The largest absolute Gasteiger partial charge is 0.323 e. The van der Waals surface area contributed by atoms with Gasteiger partial charge >= 0.3 is 0 Å². The van der Waals surface area contributed by atoms with Crippen molar-refractivity contribution >= 4 is 34.7 Å². The van der Waals surface area contributed by atoms with Crippen LogP contribution in [0, 0.1) is 18.6 Å². The number of hydrogen-bond acceptors (Lipinski definition) is 5. The van der Waals surface area contributed by atoms with E-state index in [1.165, 1.54) is 22.7 Å². The summed E-state index contributed by atoms with van der Waals surface area (Å²) in [5.41, 5.74) is 3.14. The van der Waals surface area contributed by atoms with Gasteiger partial charge in [0.25, 0.3) is 0 Å². The smallest absolute Gasteiger partial charge is 0.234 e. The lowest BCUT2D eigenvalue weighted by Gasteiger charge is -2.08. The summed E-state index contributed by atoms with van der Waals surface area (Å²) in [5, 5.41) is 13.6. The molecule has 0 aliphatic rings. The third kappa shape index (κ3) is 4.52. The summed E-state index contributed by atoms with van der Waals surface area (Å²) < 4.78 is 28.6. The molecule has 1 N–H and O–H groups in total. The average molecular weight is 457 g/mol. The second kappa shape index (κ2) is 8.99. The zero-order chi connectivity index (χ0) is 22.0. The van der Waals surface area contributed by atoms with E-state index in [1.807, 2.05) is 29.8 Å². The van der Waals surface area contributed by atoms with Crippen LogP contribution in [0.2, 0.25) is 0 Å². The molecule has 0 aliphatic heterocycles. The average Bonchev–Trinajstić information content (AvgIpc) is 3.31. The van der Waals surface area contributed by atoms with Crippen LogP contribution in [0.5, 0.6) is 0 Å². The Morgan fingerprint density at radius 3 is 2.68 bits per heavy atom. The second-order valence-corrected chi connectivity index (χ2v) is 8.80. The predicted molar refractivity (Wildman–Crippen MR) is 120 cm³/mol. The Bertz CT molecular complexity index is 1240. The summed E-state index contributed by atoms with van der Waals surface area (Å²) in [4.78, 5) is 13.4. The van der Waals surface area contributed by atoms with Crippen molar-refractivity contribution in [2.24, 2.45) is 7.05 Å². The van der Waals surface area contributed by atoms with Crippen LogP contribution < -0.4 is 5.32 Å². The van der Waals surface area contributed by atoms with Gasteiger partial charge in [0, 0.05) is 34.5 Å². The van der Waals surface area contributed by atoms with Crippen molar-refractivity contribution in [3.63, 3.8) is 0 Å². The Morgan fingerprint density at radius 2 is 1.94 bits per heavy atom. The van der Waals surface area contributed by atoms with Crippen LogP contribution in [0.15, 0.2) is 59.1 Å². The van der Waals surface area contributed by atoms with Gasteiger partial charge in [-0.25, -0.2) is 8.78 Å². The number of thiophene rings is 1. The summed E-state index contributed by atoms with van der Waals surface area (Å²) in [5.74, 6) is -1.22. The highest BCUT2D eigenvalue weighted by Crippen LogP contribution is 2.38. The fourth-order valence-electron chi connectivity index (χ4n) is 3.17. The Morgan fingerprint density at radius 1 is 1.16 bits per heavy atom. The van der Waals surface area contributed by atoms with Gasteiger partial charge < -0.3 is 9.88 Å². The first-order valence-corrected chi connectivity index (χ1v) is 11.2. The molecule has 158 valence electrons. The van der Waals surface area contributed by atoms with Gasteiger partial charge in [0.2, 0.25) is 5.91 Å². The molecule has 0 radical (unpaired) electrons. The molecule has 4 aromatic rings. The number of carbonyl (C=O) groups excluding carboxylic acids is 1. The SMILES string of the molecule is Cc1scc(-c2nnc(SCC(=O)Nc3ccc(F)cc3F)n2C)c1-c1ccccc1. The molecule has 0 saturated heterocycles. The Labute approximate surface area is 186 Å². The quantitative estimate of drug-likeness (QED) is 0.388. The predicted octanol–water partition coefficient (Wildman–Crippen LogP) is 5.53. The second-order valence-electron chi connectivity index (χ2n) is 6.77. The van der Waals surface area contributed by atoms with Crippen molar-refractivity contribution in [1.82, 2.24) is 14.8 Å². The number of nitrogens with one attached hydrogen (secondary N) is 1. The van der Waals surface area contributed by atoms with Crippen LogP contribution in [0.3, 0.4) is 0 Å². The maximum absolute atomic E-state index is 13.7. The fourth-order valence-corrected chi connectivity index (χ4v) is 4.74. The molecule has 0 saturated carbocycles. The number of anilines is 1. The first-order chi connectivity index (χ1) is 14.9. The van der Waals surface area contributed by atoms with Crippen molar-refractivity contribution in [2.75, 3.05) is 11.1 Å². The van der Waals surface area contributed by atoms with Crippen LogP contribution >= 0.6 is 23.1 Å². The number of nitrogens with zero attached hydrogens (tertiary/aromatic N) is 3. The van der Waals surface area contributed by atoms with E-state index < -0.39 is 17.5 Å². The molecular weight excluding hydrogens is 438 g/mol. The van der Waals surface area contributed by atoms with Gasteiger partial charge in [-0.2, -0.15) is 0 Å². The van der Waals surface area contributed by atoms with Crippen molar-refractivity contribution in [2.45, 2.75) is 12.1 Å². The van der Waals surface area contributed by atoms with E-state index in [1.54, 1.807) is 11.3 Å². The van der Waals surface area contributed by atoms with Crippen LogP contribution in [-0.2, 0) is 11.8 Å². The number of benzene rings is 2. The van der Waals surface area contributed by atoms with E-state index in [0.29, 0.717) is 11.0 Å². The first-order valence-electron chi connectivity index (χ1n) is 9.35. The van der Waals surface area contributed by atoms with Gasteiger partial charge in [-0.15, -0.1) is 21.5 Å². The maximum Gasteiger partial charge on any atom is 0.234 e. The molecule has 5 nitrogen and oxygen atoms in total. The normalized spacial score (nSPS) is 11.0. The van der Waals surface area contributed by atoms with E-state index in [2.05, 4.69) is 40.0 Å². The highest BCUT2D eigenvalue weighted by molar-refractivity contribution is 7.99. The summed E-state index contributed by atoms with van der Waals surface area (Å²) >= 11 is 2.84. The van der Waals surface area contributed by atoms with E-state index in [9.17, 15) is 13.6 Å². The number of aryl methyl sites for hydroxylation is 1. The van der Waals surface area contributed by atoms with Gasteiger partial charge in [-0.3, -0.25) is 4.79 Å². The number of rotatable bonds is 6. The molecule has 0 spiro atoms. The van der Waals surface area contributed by atoms with Gasteiger partial charge in [0.1, 0.15) is 11.6 Å². The topological polar surface area (TPSA) is 59.8 Å². The molecule has 4 rings (SSSR count). The molecule has 2 aromatic heterocycles. The molecule has 2 aromatic carbocycles. The van der Waals surface area contributed by atoms with E-state index >= 15 is 0 Å². The molecule has 0 aliphatic carbocycles. The summed E-state index contributed by atoms with van der Waals surface area (Å²) in [6, 6.07) is 13.1. The monoisotopic (exact) mass is 456 g/mol. The number of hydrogen-bond donors (Lipinski definition) is 1. The van der Waals surface area contributed by atoms with Crippen molar-refractivity contribution in [3.8, 4) is 22.5 Å². The number of amides is 1. The third-order valence-corrected chi connectivity index (χ3v) is 6.58. The van der Waals surface area contributed by atoms with Gasteiger partial charge in [0.05, 0.1) is 11.4 Å². The molecule has 0 atom stereocenters. The van der Waals surface area contributed by atoms with Gasteiger partial charge in [-0.05, 0) is 24.6 Å². The lowest BCUT2D eigenvalue weighted by atomic mass is 10.0. The summed E-state index contributed by atoms with van der Waals surface area (Å²) in [6.45, 7) is 2.07. The van der Waals surface area contributed by atoms with Gasteiger partial charge in [-0.1, -0.05) is 42.1 Å². The fraction of sp³-hybridized carbons (Fsp3) is 0.136. The molecule has 0 bridgehead atoms. The number of carbonyl (C=O) groups is 1. The van der Waals surface area contributed by atoms with Crippen molar-refractivity contribution in [3.05, 3.63) is 70.4 Å². The van der Waals surface area contributed by atoms with Crippen LogP contribution in [0.25, 0.3) is 22.5 Å². The lowest BCUT2D eigenvalue weighted by molar-refractivity contribution is -0.113. The highest BCUT2D eigenvalue weighted by atomic mass is 32.2. The zero-order valence-electron chi connectivity index (χ0n) is 16.7. The van der Waals surface area contributed by atoms with Crippen molar-refractivity contribution in [1.29, 1.82) is 0 Å². The van der Waals surface area contributed by atoms with E-state index in [-0.39, 0.29) is 11.4 Å². The summed E-state index contributed by atoms with van der Waals surface area (Å²) in [7, 11) is 1.84. The Balaban J connectivity index is 1.50. The standard InChI is InChI=1S/C22H18F2N4OS2/c1-13-20(14-6-4-3-5-7-14)16(11-30-13)21-26-27-22(28(21)2)31-12-19(29)25-18-9-8-15(23)10-17(18)24/h3-11H,12H2,1-2H3,(H,25,29). The van der Waals surface area contributed by atoms with Gasteiger partial charge in [0.15, 0.2) is 11.0 Å². The number of thioether (sulfide) groups is 1. The highest BCUT2D eigenvalue weighted by Gasteiger charge is 2.19. The molecule has 0 unspecified atom stereocenters. The summed E-state index contributed by atoms with van der Waals surface area (Å²) in [6.07, 6.45) is 0. The molecule has 2 heterocycles. The minimum Gasteiger partial charge on any atom is -0.323 e. The molecule has 0 fully saturated rings. The Hall–Kier alpha value is -3.04. The first kappa shape index (κ1) is 21.2. The van der Waals surface area contributed by atoms with Crippen LogP contribution in [0.1, 0.15) is 4.88 Å². The molecule has 31 heavy (non-hydrogen) atoms. The Kier molecular flexibility index (Phi) is 6.15. The van der Waals surface area contributed by atoms with Crippen LogP contribution in [-0.4, -0.2) is 26.4 Å². The minimum absolute atomic E-state index is 0.0109. The van der Waals surface area contributed by atoms with E-state index in [0.717, 1.165) is 28.8 Å². The lowest BCUT2D eigenvalue weighted by Crippen LogP contribution is -2.15. The van der Waals surface area contributed by atoms with Crippen molar-refractivity contribution < 1.29 is 13.6 Å². The molecule has 1 amide bonds. The zero-order valence-corrected chi connectivity index (χ0v) is 18.4. The third-order valence-electron chi connectivity index (χ3n) is 4.65. The molecular formula is C22H18F2N4OS2. The minimum atomic E-state index is -0.819. The van der Waals surface area contributed by atoms with Crippen LogP contribution in [0.4, 0.5) is 14.5 Å². The molecule has 9 heteroatoms.